The predicted molar refractivity (Wildman–Crippen MR) is 101 cm³/mol. The van der Waals surface area contributed by atoms with Gasteiger partial charge in [-0.3, -0.25) is 9.69 Å². The Labute approximate surface area is 153 Å². The molecule has 0 aliphatic carbocycles. The second kappa shape index (κ2) is 6.96. The first-order chi connectivity index (χ1) is 12.6. The second-order valence-corrected chi connectivity index (χ2v) is 7.11. The van der Waals surface area contributed by atoms with Crippen LogP contribution in [-0.2, 0) is 6.54 Å². The molecule has 2 heterocycles. The number of Topliss-reactive ketones (excluding diaryl/α,β-unsaturated/α-hetero) is 1. The molecule has 4 heteroatoms. The summed E-state index contributed by atoms with van der Waals surface area (Å²) in [6.45, 7) is 3.82. The van der Waals surface area contributed by atoms with Crippen molar-refractivity contribution >= 4 is 11.9 Å². The number of aromatic hydroxyl groups is 1. The van der Waals surface area contributed by atoms with Crippen LogP contribution >= 0.6 is 0 Å². The van der Waals surface area contributed by atoms with Gasteiger partial charge in [-0.15, -0.1) is 0 Å². The van der Waals surface area contributed by atoms with Gasteiger partial charge in [-0.1, -0.05) is 36.8 Å². The highest BCUT2D eigenvalue weighted by molar-refractivity contribution is 6.15. The fourth-order valence-corrected chi connectivity index (χ4v) is 3.75. The Hall–Kier alpha value is -2.59. The molecule has 2 aromatic carbocycles. The van der Waals surface area contributed by atoms with Crippen LogP contribution in [0.3, 0.4) is 0 Å². The van der Waals surface area contributed by atoms with Crippen LogP contribution in [0.5, 0.6) is 11.5 Å². The highest BCUT2D eigenvalue weighted by Crippen LogP contribution is 2.40. The van der Waals surface area contributed by atoms with Gasteiger partial charge in [0.1, 0.15) is 11.5 Å². The fourth-order valence-electron chi connectivity index (χ4n) is 3.75. The van der Waals surface area contributed by atoms with Gasteiger partial charge in [0.25, 0.3) is 0 Å². The summed E-state index contributed by atoms with van der Waals surface area (Å²) in [4.78, 5) is 15.1. The molecule has 1 atom stereocenters. The first-order valence-corrected chi connectivity index (χ1v) is 9.21. The molecule has 4 nitrogen and oxygen atoms in total. The number of fused-ring (bicyclic) bond motifs is 1. The van der Waals surface area contributed by atoms with E-state index in [1.165, 1.54) is 12.8 Å². The zero-order valence-electron chi connectivity index (χ0n) is 14.9. The number of phenols is 1. The normalized spacial score (nSPS) is 21.7. The minimum Gasteiger partial charge on any atom is -0.507 e. The van der Waals surface area contributed by atoms with Gasteiger partial charge >= 0.3 is 0 Å². The van der Waals surface area contributed by atoms with E-state index >= 15 is 0 Å². The van der Waals surface area contributed by atoms with Crippen LogP contribution in [0.2, 0.25) is 0 Å². The molecular weight excluding hydrogens is 326 g/mol. The van der Waals surface area contributed by atoms with Crippen LogP contribution in [0.25, 0.3) is 6.08 Å². The number of rotatable bonds is 3. The summed E-state index contributed by atoms with van der Waals surface area (Å²) in [7, 11) is 0. The number of hydrogen-bond donors (Lipinski definition) is 1. The molecule has 0 amide bonds. The number of hydrogen-bond acceptors (Lipinski definition) is 4. The topological polar surface area (TPSA) is 49.8 Å². The number of nitrogens with zero attached hydrogens (tertiary/aromatic N) is 1. The number of ketones is 1. The average molecular weight is 349 g/mol. The van der Waals surface area contributed by atoms with Crippen molar-refractivity contribution < 1.29 is 14.6 Å². The molecule has 2 aliphatic rings. The quantitative estimate of drug-likeness (QED) is 0.836. The predicted octanol–water partition coefficient (Wildman–Crippen LogP) is 4.38. The summed E-state index contributed by atoms with van der Waals surface area (Å²) in [5.41, 5.74) is 2.16. The van der Waals surface area contributed by atoms with E-state index in [0.717, 1.165) is 18.5 Å². The molecule has 0 bridgehead atoms. The largest absolute Gasteiger partial charge is 0.507 e. The minimum absolute atomic E-state index is 0.128. The standard InChI is InChI=1S/C22H23NO3/c1-15-7-5-6-12-23(15)14-18-19(24)11-10-17-21(25)20(26-22(17)18)13-16-8-3-2-4-9-16/h2-4,8-11,13,15,24H,5-7,12,14H2,1H3/b20-13-/t15-/m0/s1. The Morgan fingerprint density at radius 2 is 2.00 bits per heavy atom. The summed E-state index contributed by atoms with van der Waals surface area (Å²) >= 11 is 0. The molecule has 0 aromatic heterocycles. The van der Waals surface area contributed by atoms with Crippen molar-refractivity contribution in [1.29, 1.82) is 0 Å². The smallest absolute Gasteiger partial charge is 0.231 e. The fraction of sp³-hybridized carbons (Fsp3) is 0.318. The summed E-state index contributed by atoms with van der Waals surface area (Å²) < 4.78 is 5.94. The van der Waals surface area contributed by atoms with E-state index in [9.17, 15) is 9.90 Å². The van der Waals surface area contributed by atoms with Crippen LogP contribution in [0.4, 0.5) is 0 Å². The van der Waals surface area contributed by atoms with E-state index < -0.39 is 0 Å². The number of carbonyl (C=O) groups excluding carboxylic acids is 1. The lowest BCUT2D eigenvalue weighted by Gasteiger charge is -2.33. The Morgan fingerprint density at radius 3 is 2.77 bits per heavy atom. The maximum Gasteiger partial charge on any atom is 0.231 e. The van der Waals surface area contributed by atoms with E-state index in [-0.39, 0.29) is 11.5 Å². The molecular formula is C22H23NO3. The van der Waals surface area contributed by atoms with Gasteiger partial charge in [0.2, 0.25) is 5.78 Å². The summed E-state index contributed by atoms with van der Waals surface area (Å²) in [6.07, 6.45) is 5.33. The van der Waals surface area contributed by atoms with Gasteiger partial charge in [-0.25, -0.2) is 0 Å². The average Bonchev–Trinajstić information content (AvgIpc) is 2.96. The highest BCUT2D eigenvalue weighted by Gasteiger charge is 2.32. The number of likely N-dealkylation sites (tertiary alicyclic amines) is 1. The second-order valence-electron chi connectivity index (χ2n) is 7.11. The zero-order chi connectivity index (χ0) is 18.1. The molecule has 26 heavy (non-hydrogen) atoms. The van der Waals surface area contributed by atoms with E-state index in [4.69, 9.17) is 4.74 Å². The van der Waals surface area contributed by atoms with E-state index in [2.05, 4.69) is 11.8 Å². The Morgan fingerprint density at radius 1 is 1.19 bits per heavy atom. The van der Waals surface area contributed by atoms with Crippen molar-refractivity contribution in [2.75, 3.05) is 6.54 Å². The van der Waals surface area contributed by atoms with Crippen LogP contribution in [0.1, 0.15) is 47.7 Å². The van der Waals surface area contributed by atoms with E-state index in [1.54, 1.807) is 18.2 Å². The number of phenolic OH excluding ortho intramolecular Hbond substituents is 1. The summed E-state index contributed by atoms with van der Waals surface area (Å²) in [5.74, 6) is 0.881. The summed E-state index contributed by atoms with van der Waals surface area (Å²) in [5, 5.41) is 10.4. The van der Waals surface area contributed by atoms with E-state index in [1.807, 2.05) is 30.3 Å². The van der Waals surface area contributed by atoms with Gasteiger partial charge in [-0.2, -0.15) is 0 Å². The van der Waals surface area contributed by atoms with Gasteiger partial charge in [0.05, 0.1) is 11.1 Å². The first-order valence-electron chi connectivity index (χ1n) is 9.21. The molecule has 134 valence electrons. The van der Waals surface area contributed by atoms with Crippen molar-refractivity contribution in [3.8, 4) is 11.5 Å². The van der Waals surface area contributed by atoms with E-state index in [0.29, 0.717) is 35.2 Å². The van der Waals surface area contributed by atoms with Crippen molar-refractivity contribution in [1.82, 2.24) is 4.90 Å². The number of carbonyl (C=O) groups is 1. The monoisotopic (exact) mass is 349 g/mol. The lowest BCUT2D eigenvalue weighted by Crippen LogP contribution is -2.36. The lowest BCUT2D eigenvalue weighted by atomic mass is 10.0. The van der Waals surface area contributed by atoms with Crippen LogP contribution in [0.15, 0.2) is 48.2 Å². The maximum absolute atomic E-state index is 12.7. The third kappa shape index (κ3) is 3.13. The zero-order valence-corrected chi connectivity index (χ0v) is 14.9. The van der Waals surface area contributed by atoms with Crippen LogP contribution < -0.4 is 4.74 Å². The molecule has 1 fully saturated rings. The molecule has 4 rings (SSSR count). The minimum atomic E-state index is -0.128. The third-order valence-corrected chi connectivity index (χ3v) is 5.32. The molecule has 2 aliphatic heterocycles. The highest BCUT2D eigenvalue weighted by atomic mass is 16.5. The number of allylic oxidation sites excluding steroid dienone is 1. The lowest BCUT2D eigenvalue weighted by molar-refractivity contribution is 0.101. The van der Waals surface area contributed by atoms with Gasteiger partial charge in [0.15, 0.2) is 5.76 Å². The van der Waals surface area contributed by atoms with Crippen molar-refractivity contribution in [3.05, 3.63) is 64.9 Å². The number of piperidine rings is 1. The Kier molecular flexibility index (Phi) is 4.51. The number of ether oxygens (including phenoxy) is 1. The molecule has 1 N–H and O–H groups in total. The molecule has 0 saturated carbocycles. The molecule has 1 saturated heterocycles. The third-order valence-electron chi connectivity index (χ3n) is 5.32. The van der Waals surface area contributed by atoms with Gasteiger partial charge in [0, 0.05) is 12.6 Å². The van der Waals surface area contributed by atoms with Crippen LogP contribution in [0, 0.1) is 0 Å². The SMILES string of the molecule is C[C@H]1CCCCN1Cc1c(O)ccc2c1O/C(=C\c1ccccc1)C2=O. The Bertz CT molecular complexity index is 857. The Balaban J connectivity index is 1.66. The molecule has 0 spiro atoms. The first kappa shape index (κ1) is 16.9. The van der Waals surface area contributed by atoms with Gasteiger partial charge < -0.3 is 9.84 Å². The van der Waals surface area contributed by atoms with Gasteiger partial charge in [-0.05, 0) is 50.1 Å². The molecule has 0 radical (unpaired) electrons. The molecule has 2 aromatic rings. The van der Waals surface area contributed by atoms with Crippen molar-refractivity contribution in [2.45, 2.75) is 38.8 Å². The molecule has 0 unspecified atom stereocenters. The van der Waals surface area contributed by atoms with Crippen molar-refractivity contribution in [2.24, 2.45) is 0 Å². The summed E-state index contributed by atoms with van der Waals surface area (Å²) in [6, 6.07) is 13.4. The number of benzene rings is 2. The van der Waals surface area contributed by atoms with Crippen LogP contribution in [-0.4, -0.2) is 28.4 Å². The van der Waals surface area contributed by atoms with Crippen molar-refractivity contribution in [3.63, 3.8) is 0 Å². The maximum atomic E-state index is 12.7.